The second-order valence-electron chi connectivity index (χ2n) is 4.52. The molecule has 0 aromatic rings. The van der Waals surface area contributed by atoms with Gasteiger partial charge in [0.25, 0.3) is 0 Å². The fourth-order valence-electron chi connectivity index (χ4n) is 2.14. The highest BCUT2D eigenvalue weighted by molar-refractivity contribution is 5.72. The minimum absolute atomic E-state index is 0.190. The first-order valence-electron chi connectivity index (χ1n) is 6.09. The van der Waals surface area contributed by atoms with Crippen LogP contribution < -0.4 is 5.32 Å². The second kappa shape index (κ2) is 5.94. The minimum Gasteiger partial charge on any atom is -0.387 e. The highest BCUT2D eigenvalue weighted by Crippen LogP contribution is 2.25. The van der Waals surface area contributed by atoms with Gasteiger partial charge in [-0.3, -0.25) is 4.79 Å². The van der Waals surface area contributed by atoms with Crippen molar-refractivity contribution in [3.8, 4) is 0 Å². The lowest BCUT2D eigenvalue weighted by Gasteiger charge is -2.41. The van der Waals surface area contributed by atoms with Crippen molar-refractivity contribution in [2.45, 2.75) is 44.1 Å². The predicted molar refractivity (Wildman–Crippen MR) is 59.7 cm³/mol. The van der Waals surface area contributed by atoms with Gasteiger partial charge in [0.2, 0.25) is 5.91 Å². The third kappa shape index (κ3) is 2.99. The van der Waals surface area contributed by atoms with Gasteiger partial charge >= 0.3 is 0 Å². The first kappa shape index (κ1) is 13.7. The Labute approximate surface area is 105 Å². The van der Waals surface area contributed by atoms with E-state index >= 15 is 0 Å². The number of carbonyl (C=O) groups is 1. The lowest BCUT2D eigenvalue weighted by molar-refractivity contribution is -0.292. The van der Waals surface area contributed by atoms with E-state index in [1.54, 1.807) is 0 Å². The van der Waals surface area contributed by atoms with Gasteiger partial charge in [-0.2, -0.15) is 0 Å². The van der Waals surface area contributed by atoms with E-state index < -0.39 is 30.7 Å². The van der Waals surface area contributed by atoms with Crippen LogP contribution in [0.15, 0.2) is 0 Å². The first-order valence-corrected chi connectivity index (χ1v) is 6.09. The molecule has 0 aromatic heterocycles. The minimum atomic E-state index is -1.14. The van der Waals surface area contributed by atoms with Gasteiger partial charge in [0.05, 0.1) is 6.61 Å². The molecule has 18 heavy (non-hydrogen) atoms. The highest BCUT2D eigenvalue weighted by atomic mass is 16.7. The normalized spacial score (nSPS) is 40.7. The first-order chi connectivity index (χ1) is 8.59. The molecule has 0 aromatic carbocycles. The summed E-state index contributed by atoms with van der Waals surface area (Å²) in [6, 6.07) is 0. The van der Waals surface area contributed by atoms with E-state index in [9.17, 15) is 15.0 Å². The number of rotatable bonds is 2. The maximum atomic E-state index is 10.9. The van der Waals surface area contributed by atoms with Gasteiger partial charge < -0.3 is 29.7 Å². The summed E-state index contributed by atoms with van der Waals surface area (Å²) < 4.78 is 16.4. The summed E-state index contributed by atoms with van der Waals surface area (Å²) in [4.78, 5) is 10.9. The number of nitrogens with one attached hydrogen (secondary N) is 1. The largest absolute Gasteiger partial charge is 0.387 e. The molecular weight excluding hydrogens is 242 g/mol. The van der Waals surface area contributed by atoms with Crippen molar-refractivity contribution in [1.82, 2.24) is 5.32 Å². The molecule has 3 saturated heterocycles. The molecule has 3 aliphatic heterocycles. The zero-order valence-electron chi connectivity index (χ0n) is 10.2. The Kier molecular flexibility index (Phi) is 4.52. The number of fused-ring (bicyclic) bond motifs is 6. The van der Waals surface area contributed by atoms with Crippen LogP contribution >= 0.6 is 0 Å². The van der Waals surface area contributed by atoms with Crippen molar-refractivity contribution in [1.29, 1.82) is 0 Å². The average Bonchev–Trinajstić information content (AvgIpc) is 2.47. The van der Waals surface area contributed by atoms with Crippen molar-refractivity contribution >= 4 is 5.91 Å². The molecule has 7 heteroatoms. The highest BCUT2D eigenvalue weighted by Gasteiger charge is 2.46. The van der Waals surface area contributed by atoms with Crippen LogP contribution in [0.1, 0.15) is 13.3 Å². The molecule has 0 aliphatic carbocycles. The number of ether oxygens (including phenoxy) is 3. The van der Waals surface area contributed by atoms with Crippen molar-refractivity contribution in [2.24, 2.45) is 0 Å². The van der Waals surface area contributed by atoms with E-state index in [-0.39, 0.29) is 12.5 Å². The second-order valence-corrected chi connectivity index (χ2v) is 4.52. The van der Waals surface area contributed by atoms with Gasteiger partial charge in [0, 0.05) is 20.1 Å². The van der Waals surface area contributed by atoms with Crippen LogP contribution in [0.4, 0.5) is 0 Å². The Hall–Kier alpha value is -0.730. The van der Waals surface area contributed by atoms with Gasteiger partial charge in [-0.15, -0.1) is 0 Å². The topological polar surface area (TPSA) is 97.3 Å². The number of aliphatic hydroxyl groups excluding tert-OH is 2. The predicted octanol–water partition coefficient (Wildman–Crippen LogP) is -1.63. The molecule has 0 saturated carbocycles. The molecule has 5 atom stereocenters. The number of hydrogen-bond acceptors (Lipinski definition) is 6. The zero-order valence-corrected chi connectivity index (χ0v) is 10.2. The van der Waals surface area contributed by atoms with Crippen LogP contribution in [-0.4, -0.2) is 66.6 Å². The lowest BCUT2D eigenvalue weighted by Crippen LogP contribution is -2.61. The molecule has 0 radical (unpaired) electrons. The van der Waals surface area contributed by atoms with Crippen LogP contribution in [0, 0.1) is 0 Å². The quantitative estimate of drug-likeness (QED) is 0.552. The number of hydrogen-bond donors (Lipinski definition) is 3. The van der Waals surface area contributed by atoms with Crippen molar-refractivity contribution in [3.05, 3.63) is 0 Å². The standard InChI is InChI=1S/C11H19NO6/c1-6(13)12-5-7-10-8(14)9(15)11(18-7)17-4-2-3-16-10/h7-11,14-15H,2-5H2,1H3,(H,12,13). The molecule has 3 fully saturated rings. The van der Waals surface area contributed by atoms with Crippen LogP contribution in [-0.2, 0) is 19.0 Å². The molecule has 3 heterocycles. The third-order valence-corrected chi connectivity index (χ3v) is 3.07. The van der Waals surface area contributed by atoms with E-state index in [1.807, 2.05) is 0 Å². The Morgan fingerprint density at radius 3 is 2.72 bits per heavy atom. The number of carbonyl (C=O) groups excluding carboxylic acids is 1. The zero-order chi connectivity index (χ0) is 13.1. The van der Waals surface area contributed by atoms with E-state index in [0.29, 0.717) is 19.6 Å². The summed E-state index contributed by atoms with van der Waals surface area (Å²) in [6.07, 6.45) is -3.62. The maximum absolute atomic E-state index is 10.9. The Balaban J connectivity index is 2.07. The van der Waals surface area contributed by atoms with Gasteiger partial charge in [-0.25, -0.2) is 0 Å². The smallest absolute Gasteiger partial charge is 0.216 e. The van der Waals surface area contributed by atoms with Gasteiger partial charge in [-0.1, -0.05) is 0 Å². The monoisotopic (exact) mass is 261 g/mol. The maximum Gasteiger partial charge on any atom is 0.216 e. The van der Waals surface area contributed by atoms with Crippen molar-refractivity contribution < 1.29 is 29.2 Å². The van der Waals surface area contributed by atoms with Gasteiger partial charge in [0.15, 0.2) is 6.29 Å². The molecule has 2 bridgehead atoms. The summed E-state index contributed by atoms with van der Waals surface area (Å²) in [5.74, 6) is -0.190. The molecule has 1 amide bonds. The van der Waals surface area contributed by atoms with Gasteiger partial charge in [0.1, 0.15) is 24.4 Å². The molecule has 7 nitrogen and oxygen atoms in total. The van der Waals surface area contributed by atoms with E-state index in [1.165, 1.54) is 6.92 Å². The lowest BCUT2D eigenvalue weighted by atomic mass is 9.98. The summed E-state index contributed by atoms with van der Waals surface area (Å²) in [5.41, 5.74) is 0. The summed E-state index contributed by atoms with van der Waals surface area (Å²) in [6.45, 7) is 2.43. The molecule has 5 unspecified atom stereocenters. The van der Waals surface area contributed by atoms with Crippen LogP contribution in [0.5, 0.6) is 0 Å². The Morgan fingerprint density at radius 2 is 2.00 bits per heavy atom. The summed E-state index contributed by atoms with van der Waals surface area (Å²) in [5, 5.41) is 22.4. The molecule has 3 N–H and O–H groups in total. The Morgan fingerprint density at radius 1 is 1.28 bits per heavy atom. The molecule has 3 rings (SSSR count). The van der Waals surface area contributed by atoms with E-state index in [4.69, 9.17) is 14.2 Å². The number of aliphatic hydroxyl groups is 2. The Bertz CT molecular complexity index is 297. The van der Waals surface area contributed by atoms with Crippen molar-refractivity contribution in [2.75, 3.05) is 19.8 Å². The SMILES string of the molecule is CC(=O)NCC1OC2OCCCOC1C(O)C2O. The molecule has 0 spiro atoms. The molecular formula is C11H19NO6. The van der Waals surface area contributed by atoms with Gasteiger partial charge in [-0.05, 0) is 6.42 Å². The summed E-state index contributed by atoms with van der Waals surface area (Å²) in [7, 11) is 0. The fourth-order valence-corrected chi connectivity index (χ4v) is 2.14. The van der Waals surface area contributed by atoms with Crippen molar-refractivity contribution in [3.63, 3.8) is 0 Å². The van der Waals surface area contributed by atoms with Crippen LogP contribution in [0.3, 0.4) is 0 Å². The van der Waals surface area contributed by atoms with Crippen LogP contribution in [0.25, 0.3) is 0 Å². The molecule has 104 valence electrons. The molecule has 3 aliphatic rings. The van der Waals surface area contributed by atoms with E-state index in [0.717, 1.165) is 0 Å². The van der Waals surface area contributed by atoms with Crippen LogP contribution in [0.2, 0.25) is 0 Å². The summed E-state index contributed by atoms with van der Waals surface area (Å²) >= 11 is 0. The average molecular weight is 261 g/mol. The van der Waals surface area contributed by atoms with E-state index in [2.05, 4.69) is 5.32 Å². The third-order valence-electron chi connectivity index (χ3n) is 3.07. The number of amides is 1. The fraction of sp³-hybridized carbons (Fsp3) is 0.909.